The van der Waals surface area contributed by atoms with Gasteiger partial charge in [0.15, 0.2) is 6.61 Å². The van der Waals surface area contributed by atoms with Crippen LogP contribution in [0.3, 0.4) is 0 Å². The molecule has 1 N–H and O–H groups in total. The molecule has 2 amide bonds. The molecule has 0 aliphatic carbocycles. The summed E-state index contributed by atoms with van der Waals surface area (Å²) in [4.78, 5) is 29.3. The predicted molar refractivity (Wildman–Crippen MR) is 115 cm³/mol. The van der Waals surface area contributed by atoms with Crippen molar-refractivity contribution in [2.45, 2.75) is 25.6 Å². The van der Waals surface area contributed by atoms with E-state index in [0.717, 1.165) is 11.3 Å². The number of carbonyl (C=O) groups excluding carboxylic acids is 2. The van der Waals surface area contributed by atoms with Crippen LogP contribution in [0.25, 0.3) is 0 Å². The summed E-state index contributed by atoms with van der Waals surface area (Å²) in [5.74, 6) is -0.627. The molecule has 32 heavy (non-hydrogen) atoms. The third-order valence-corrected chi connectivity index (χ3v) is 5.41. The van der Waals surface area contributed by atoms with Crippen LogP contribution in [0, 0.1) is 6.92 Å². The highest BCUT2D eigenvalue weighted by atomic mass is 19.4. The molecule has 1 unspecified atom stereocenters. The number of aryl methyl sites for hydroxylation is 1. The molecule has 1 saturated heterocycles. The minimum absolute atomic E-state index is 0.00761. The average molecular weight is 449 g/mol. The number of hydrogen-bond donors (Lipinski definition) is 1. The zero-order valence-corrected chi connectivity index (χ0v) is 18.0. The molecule has 1 aliphatic rings. The molecule has 1 atom stereocenters. The summed E-state index contributed by atoms with van der Waals surface area (Å²) in [5.41, 5.74) is 2.41. The molecular weight excluding hydrogens is 423 g/mol. The molecule has 1 heterocycles. The van der Waals surface area contributed by atoms with E-state index < -0.39 is 18.8 Å². The lowest BCUT2D eigenvalue weighted by Gasteiger charge is -2.42. The molecule has 0 saturated carbocycles. The summed E-state index contributed by atoms with van der Waals surface area (Å²) in [5, 5.41) is 2.61. The van der Waals surface area contributed by atoms with E-state index in [-0.39, 0.29) is 24.0 Å². The van der Waals surface area contributed by atoms with Crippen LogP contribution in [-0.4, -0.2) is 62.2 Å². The largest absolute Gasteiger partial charge is 0.484 e. The van der Waals surface area contributed by atoms with Crippen LogP contribution in [0.1, 0.15) is 11.1 Å². The quantitative estimate of drug-likeness (QED) is 0.737. The van der Waals surface area contributed by atoms with E-state index >= 15 is 0 Å². The Bertz CT molecular complexity index is 965. The lowest BCUT2D eigenvalue weighted by molar-refractivity contribution is -0.153. The summed E-state index contributed by atoms with van der Waals surface area (Å²) in [7, 11) is 1.51. The third-order valence-electron chi connectivity index (χ3n) is 5.41. The van der Waals surface area contributed by atoms with Gasteiger partial charge in [-0.15, -0.1) is 0 Å². The number of benzene rings is 2. The highest BCUT2D eigenvalue weighted by molar-refractivity contribution is 5.89. The van der Waals surface area contributed by atoms with Gasteiger partial charge in [-0.05, 0) is 24.6 Å². The Morgan fingerprint density at radius 2 is 1.78 bits per heavy atom. The van der Waals surface area contributed by atoms with Crippen molar-refractivity contribution in [1.82, 2.24) is 10.2 Å². The van der Waals surface area contributed by atoms with Crippen molar-refractivity contribution in [3.8, 4) is 5.75 Å². The number of anilines is 1. The lowest BCUT2D eigenvalue weighted by atomic mass is 10.1. The number of piperazine rings is 1. The molecular formula is C23H26F3N3O3. The number of nitrogens with zero attached hydrogens (tertiary/aromatic N) is 2. The monoisotopic (exact) mass is 449 g/mol. The van der Waals surface area contributed by atoms with Crippen molar-refractivity contribution in [2.75, 3.05) is 38.2 Å². The highest BCUT2D eigenvalue weighted by Gasteiger charge is 2.35. The molecule has 1 aliphatic heterocycles. The first-order valence-corrected chi connectivity index (χ1v) is 10.3. The molecule has 3 rings (SSSR count). The molecule has 0 aromatic heterocycles. The van der Waals surface area contributed by atoms with Crippen molar-refractivity contribution >= 4 is 17.5 Å². The van der Waals surface area contributed by atoms with Gasteiger partial charge in [-0.2, -0.15) is 13.2 Å². The van der Waals surface area contributed by atoms with Crippen LogP contribution in [0.4, 0.5) is 18.9 Å². The van der Waals surface area contributed by atoms with Crippen LogP contribution in [0.5, 0.6) is 5.75 Å². The zero-order valence-electron chi connectivity index (χ0n) is 18.0. The van der Waals surface area contributed by atoms with E-state index in [1.54, 1.807) is 18.2 Å². The first-order valence-electron chi connectivity index (χ1n) is 10.3. The smallest absolute Gasteiger partial charge is 0.422 e. The third kappa shape index (κ3) is 5.72. The molecule has 2 aromatic rings. The number of halogens is 3. The fourth-order valence-electron chi connectivity index (χ4n) is 3.82. The van der Waals surface area contributed by atoms with E-state index in [9.17, 15) is 22.8 Å². The Morgan fingerprint density at radius 3 is 2.47 bits per heavy atom. The minimum Gasteiger partial charge on any atom is -0.484 e. The summed E-state index contributed by atoms with van der Waals surface area (Å²) in [6.45, 7) is 1.73. The number of amides is 2. The first-order chi connectivity index (χ1) is 15.2. The Hall–Kier alpha value is -3.23. The number of rotatable bonds is 6. The predicted octanol–water partition coefficient (Wildman–Crippen LogP) is 2.94. The molecule has 0 radical (unpaired) electrons. The number of hydrogen-bond acceptors (Lipinski definition) is 4. The van der Waals surface area contributed by atoms with E-state index in [0.29, 0.717) is 25.2 Å². The van der Waals surface area contributed by atoms with Gasteiger partial charge in [-0.25, -0.2) is 0 Å². The molecule has 172 valence electrons. The van der Waals surface area contributed by atoms with Crippen molar-refractivity contribution in [2.24, 2.45) is 0 Å². The number of alkyl halides is 3. The van der Waals surface area contributed by atoms with Gasteiger partial charge in [0.1, 0.15) is 11.8 Å². The fourth-order valence-corrected chi connectivity index (χ4v) is 3.82. The van der Waals surface area contributed by atoms with Gasteiger partial charge >= 0.3 is 6.18 Å². The number of carbonyl (C=O) groups is 2. The molecule has 1 fully saturated rings. The minimum atomic E-state index is -4.48. The summed E-state index contributed by atoms with van der Waals surface area (Å²) < 4.78 is 42.6. The first kappa shape index (κ1) is 23.4. The topological polar surface area (TPSA) is 61.9 Å². The second-order valence-corrected chi connectivity index (χ2v) is 7.64. The number of nitrogens with one attached hydrogen (secondary N) is 1. The fraction of sp³-hybridized carbons (Fsp3) is 0.391. The Kier molecular flexibility index (Phi) is 7.27. The average Bonchev–Trinajstić information content (AvgIpc) is 2.77. The van der Waals surface area contributed by atoms with Gasteiger partial charge < -0.3 is 19.9 Å². The van der Waals surface area contributed by atoms with Crippen LogP contribution in [0.2, 0.25) is 0 Å². The Labute approximate surface area is 184 Å². The second kappa shape index (κ2) is 9.93. The van der Waals surface area contributed by atoms with Gasteiger partial charge in [0.05, 0.1) is 6.42 Å². The van der Waals surface area contributed by atoms with Gasteiger partial charge in [-0.1, -0.05) is 36.4 Å². The molecule has 9 heteroatoms. The normalized spacial score (nSPS) is 16.6. The van der Waals surface area contributed by atoms with Gasteiger partial charge in [-0.3, -0.25) is 9.59 Å². The lowest BCUT2D eigenvalue weighted by Crippen LogP contribution is -2.60. The maximum absolute atomic E-state index is 13.1. The maximum Gasteiger partial charge on any atom is 0.422 e. The van der Waals surface area contributed by atoms with Gasteiger partial charge in [0, 0.05) is 37.9 Å². The summed E-state index contributed by atoms with van der Waals surface area (Å²) in [6, 6.07) is 13.2. The van der Waals surface area contributed by atoms with Crippen LogP contribution >= 0.6 is 0 Å². The zero-order chi connectivity index (χ0) is 23.3. The number of likely N-dealkylation sites (N-methyl/N-ethyl adjacent to an activating group) is 1. The van der Waals surface area contributed by atoms with E-state index in [1.807, 2.05) is 31.2 Å². The standard InChI is InChI=1S/C23H26F3N3O3/c1-16-7-3-5-9-18(16)28-11-12-29(19(14-28)22(31)27-2)21(30)13-17-8-4-6-10-20(17)32-15-23(24,25)26/h3-10,19H,11-15H2,1-2H3,(H,27,31). The van der Waals surface area contributed by atoms with Crippen molar-refractivity contribution in [1.29, 1.82) is 0 Å². The van der Waals surface area contributed by atoms with Gasteiger partial charge in [0.25, 0.3) is 0 Å². The van der Waals surface area contributed by atoms with Crippen LogP contribution < -0.4 is 15.0 Å². The van der Waals surface area contributed by atoms with Gasteiger partial charge in [0.2, 0.25) is 11.8 Å². The molecule has 0 bridgehead atoms. The molecule has 6 nitrogen and oxygen atoms in total. The Balaban J connectivity index is 1.76. The Morgan fingerprint density at radius 1 is 1.09 bits per heavy atom. The van der Waals surface area contributed by atoms with Crippen molar-refractivity contribution < 1.29 is 27.5 Å². The summed E-state index contributed by atoms with van der Waals surface area (Å²) in [6.07, 6.45) is -4.64. The maximum atomic E-state index is 13.1. The van der Waals surface area contributed by atoms with Crippen LogP contribution in [-0.2, 0) is 16.0 Å². The van der Waals surface area contributed by atoms with E-state index in [1.165, 1.54) is 18.0 Å². The number of para-hydroxylation sites is 2. The second-order valence-electron chi connectivity index (χ2n) is 7.64. The van der Waals surface area contributed by atoms with E-state index in [2.05, 4.69) is 10.2 Å². The van der Waals surface area contributed by atoms with Crippen LogP contribution in [0.15, 0.2) is 48.5 Å². The molecule has 2 aromatic carbocycles. The van der Waals surface area contributed by atoms with Crippen molar-refractivity contribution in [3.63, 3.8) is 0 Å². The molecule has 0 spiro atoms. The highest BCUT2D eigenvalue weighted by Crippen LogP contribution is 2.26. The summed E-state index contributed by atoms with van der Waals surface area (Å²) >= 11 is 0. The number of ether oxygens (including phenoxy) is 1. The SMILES string of the molecule is CNC(=O)C1CN(c2ccccc2C)CCN1C(=O)Cc1ccccc1OCC(F)(F)F. The van der Waals surface area contributed by atoms with E-state index in [4.69, 9.17) is 4.74 Å². The van der Waals surface area contributed by atoms with Crippen molar-refractivity contribution in [3.05, 3.63) is 59.7 Å².